The average Bonchev–Trinajstić information content (AvgIpc) is 2.29. The molecule has 4 nitrogen and oxygen atoms in total. The van der Waals surface area contributed by atoms with Gasteiger partial charge in [0.25, 0.3) is 0 Å². The molecular formula is C13H19ClN2O2. The Labute approximate surface area is 113 Å². The Morgan fingerprint density at radius 1 is 1.39 bits per heavy atom. The lowest BCUT2D eigenvalue weighted by molar-refractivity contribution is 0.194. The van der Waals surface area contributed by atoms with Crippen LogP contribution in [0.1, 0.15) is 17.5 Å². The topological polar surface area (TPSA) is 50.4 Å². The molecular weight excluding hydrogens is 252 g/mol. The number of carbonyl (C=O) groups is 1. The van der Waals surface area contributed by atoms with Gasteiger partial charge in [0.15, 0.2) is 0 Å². The predicted octanol–water partition coefficient (Wildman–Crippen LogP) is 3.11. The van der Waals surface area contributed by atoms with Gasteiger partial charge in [-0.15, -0.1) is 0 Å². The van der Waals surface area contributed by atoms with E-state index < -0.39 is 0 Å². The van der Waals surface area contributed by atoms with Gasteiger partial charge in [-0.1, -0.05) is 17.7 Å². The lowest BCUT2D eigenvalue weighted by atomic mass is 10.1. The van der Waals surface area contributed by atoms with E-state index >= 15 is 0 Å². The van der Waals surface area contributed by atoms with Gasteiger partial charge in [0.1, 0.15) is 0 Å². The van der Waals surface area contributed by atoms with E-state index in [1.807, 2.05) is 26.0 Å². The molecule has 0 bridgehead atoms. The van der Waals surface area contributed by atoms with E-state index in [4.69, 9.17) is 16.3 Å². The average molecular weight is 271 g/mol. The zero-order valence-corrected chi connectivity index (χ0v) is 11.7. The number of methoxy groups -OCH3 is 1. The number of nitrogens with one attached hydrogen (secondary N) is 2. The molecule has 0 heterocycles. The quantitative estimate of drug-likeness (QED) is 0.808. The van der Waals surface area contributed by atoms with E-state index in [9.17, 15) is 4.79 Å². The molecule has 1 aromatic carbocycles. The number of aryl methyl sites for hydroxylation is 2. The van der Waals surface area contributed by atoms with E-state index in [1.54, 1.807) is 7.11 Å². The summed E-state index contributed by atoms with van der Waals surface area (Å²) in [6.07, 6.45) is 0.782. The van der Waals surface area contributed by atoms with Gasteiger partial charge in [-0.05, 0) is 37.5 Å². The molecule has 0 aromatic heterocycles. The van der Waals surface area contributed by atoms with Gasteiger partial charge >= 0.3 is 6.03 Å². The first kappa shape index (κ1) is 14.8. The minimum atomic E-state index is -0.250. The number of rotatable bonds is 5. The van der Waals surface area contributed by atoms with Crippen molar-refractivity contribution in [3.8, 4) is 0 Å². The largest absolute Gasteiger partial charge is 0.385 e. The second kappa shape index (κ2) is 7.24. The summed E-state index contributed by atoms with van der Waals surface area (Å²) in [5.41, 5.74) is 2.68. The molecule has 0 fully saturated rings. The van der Waals surface area contributed by atoms with Crippen molar-refractivity contribution in [1.82, 2.24) is 5.32 Å². The highest BCUT2D eigenvalue weighted by molar-refractivity contribution is 6.34. The highest BCUT2D eigenvalue weighted by Gasteiger charge is 2.08. The number of anilines is 1. The van der Waals surface area contributed by atoms with Crippen LogP contribution in [-0.4, -0.2) is 26.3 Å². The van der Waals surface area contributed by atoms with Crippen LogP contribution in [0, 0.1) is 13.8 Å². The number of amides is 2. The number of ether oxygens (including phenoxy) is 1. The first-order valence-electron chi connectivity index (χ1n) is 5.85. The molecule has 0 aliphatic rings. The molecule has 18 heavy (non-hydrogen) atoms. The zero-order chi connectivity index (χ0) is 13.5. The molecule has 2 amide bonds. The van der Waals surface area contributed by atoms with Gasteiger partial charge in [-0.25, -0.2) is 4.79 Å². The summed E-state index contributed by atoms with van der Waals surface area (Å²) < 4.78 is 4.90. The molecule has 0 unspecified atom stereocenters. The monoisotopic (exact) mass is 270 g/mol. The maximum Gasteiger partial charge on any atom is 0.319 e. The van der Waals surface area contributed by atoms with Crippen LogP contribution < -0.4 is 10.6 Å². The van der Waals surface area contributed by atoms with Crippen molar-refractivity contribution >= 4 is 23.3 Å². The van der Waals surface area contributed by atoms with Crippen LogP contribution in [0.2, 0.25) is 5.02 Å². The Kier molecular flexibility index (Phi) is 5.95. The summed E-state index contributed by atoms with van der Waals surface area (Å²) in [6.45, 7) is 5.08. The maximum atomic E-state index is 11.6. The van der Waals surface area contributed by atoms with Crippen LogP contribution in [0.5, 0.6) is 0 Å². The van der Waals surface area contributed by atoms with Gasteiger partial charge in [-0.3, -0.25) is 0 Å². The van der Waals surface area contributed by atoms with Crippen LogP contribution in [0.4, 0.5) is 10.5 Å². The van der Waals surface area contributed by atoms with Crippen molar-refractivity contribution in [2.45, 2.75) is 20.3 Å². The Morgan fingerprint density at radius 2 is 2.11 bits per heavy atom. The molecule has 5 heteroatoms. The Bertz CT molecular complexity index is 398. The summed E-state index contributed by atoms with van der Waals surface area (Å²) in [6, 6.07) is 3.56. The van der Waals surface area contributed by atoms with Crippen LogP contribution in [0.25, 0.3) is 0 Å². The van der Waals surface area contributed by atoms with Gasteiger partial charge < -0.3 is 15.4 Å². The third-order valence-electron chi connectivity index (χ3n) is 2.48. The van der Waals surface area contributed by atoms with Gasteiger partial charge in [0.2, 0.25) is 0 Å². The van der Waals surface area contributed by atoms with E-state index in [0.29, 0.717) is 23.9 Å². The van der Waals surface area contributed by atoms with Crippen molar-refractivity contribution in [1.29, 1.82) is 0 Å². The van der Waals surface area contributed by atoms with Crippen LogP contribution >= 0.6 is 11.6 Å². The molecule has 1 rings (SSSR count). The fourth-order valence-electron chi connectivity index (χ4n) is 1.65. The predicted molar refractivity (Wildman–Crippen MR) is 74.4 cm³/mol. The summed E-state index contributed by atoms with van der Waals surface area (Å²) in [4.78, 5) is 11.6. The summed E-state index contributed by atoms with van der Waals surface area (Å²) >= 11 is 6.10. The maximum absolute atomic E-state index is 11.6. The van der Waals surface area contributed by atoms with Crippen molar-refractivity contribution in [2.75, 3.05) is 25.6 Å². The number of carbonyl (C=O) groups excluding carboxylic acids is 1. The first-order chi connectivity index (χ1) is 8.54. The van der Waals surface area contributed by atoms with Crippen LogP contribution in [0.15, 0.2) is 12.1 Å². The van der Waals surface area contributed by atoms with E-state index in [1.165, 1.54) is 0 Å². The summed E-state index contributed by atoms with van der Waals surface area (Å²) in [5.74, 6) is 0. The number of hydrogen-bond donors (Lipinski definition) is 2. The van der Waals surface area contributed by atoms with Crippen LogP contribution in [-0.2, 0) is 4.74 Å². The third-order valence-corrected chi connectivity index (χ3v) is 2.78. The number of benzene rings is 1. The third kappa shape index (κ3) is 4.55. The van der Waals surface area contributed by atoms with Crippen molar-refractivity contribution in [3.05, 3.63) is 28.3 Å². The summed E-state index contributed by atoms with van der Waals surface area (Å²) in [5, 5.41) is 6.06. The van der Waals surface area contributed by atoms with E-state index in [0.717, 1.165) is 17.5 Å². The second-order valence-electron chi connectivity index (χ2n) is 4.17. The van der Waals surface area contributed by atoms with Crippen molar-refractivity contribution in [2.24, 2.45) is 0 Å². The second-order valence-corrected chi connectivity index (χ2v) is 4.57. The lowest BCUT2D eigenvalue weighted by Gasteiger charge is -2.12. The molecule has 0 aliphatic carbocycles. The number of hydrogen-bond acceptors (Lipinski definition) is 2. The Balaban J connectivity index is 2.54. The zero-order valence-electron chi connectivity index (χ0n) is 11.0. The SMILES string of the molecule is COCCCNC(=O)Nc1c(C)cc(C)cc1Cl. The number of urea groups is 1. The molecule has 0 saturated carbocycles. The Hall–Kier alpha value is -1.26. The molecule has 1 aromatic rings. The molecule has 0 aliphatic heterocycles. The van der Waals surface area contributed by atoms with E-state index in [-0.39, 0.29) is 6.03 Å². The lowest BCUT2D eigenvalue weighted by Crippen LogP contribution is -2.30. The Morgan fingerprint density at radius 3 is 2.72 bits per heavy atom. The van der Waals surface area contributed by atoms with E-state index in [2.05, 4.69) is 10.6 Å². The van der Waals surface area contributed by atoms with Gasteiger partial charge in [0, 0.05) is 20.3 Å². The van der Waals surface area contributed by atoms with Gasteiger partial charge in [0.05, 0.1) is 10.7 Å². The molecule has 0 radical (unpaired) electrons. The fourth-order valence-corrected chi connectivity index (χ4v) is 2.02. The highest BCUT2D eigenvalue weighted by Crippen LogP contribution is 2.27. The molecule has 0 atom stereocenters. The fraction of sp³-hybridized carbons (Fsp3) is 0.462. The van der Waals surface area contributed by atoms with Crippen molar-refractivity contribution in [3.63, 3.8) is 0 Å². The van der Waals surface area contributed by atoms with Crippen LogP contribution in [0.3, 0.4) is 0 Å². The minimum absolute atomic E-state index is 0.250. The normalized spacial score (nSPS) is 10.2. The highest BCUT2D eigenvalue weighted by atomic mass is 35.5. The smallest absolute Gasteiger partial charge is 0.319 e. The molecule has 2 N–H and O–H groups in total. The van der Waals surface area contributed by atoms with Crippen molar-refractivity contribution < 1.29 is 9.53 Å². The number of halogens is 1. The molecule has 0 spiro atoms. The summed E-state index contributed by atoms with van der Waals surface area (Å²) in [7, 11) is 1.63. The first-order valence-corrected chi connectivity index (χ1v) is 6.23. The molecule has 0 saturated heterocycles. The minimum Gasteiger partial charge on any atom is -0.385 e. The molecule has 100 valence electrons. The standard InChI is InChI=1S/C13H19ClN2O2/c1-9-7-10(2)12(11(14)8-9)16-13(17)15-5-4-6-18-3/h7-8H,4-6H2,1-3H3,(H2,15,16,17). The van der Waals surface area contributed by atoms with Gasteiger partial charge in [-0.2, -0.15) is 0 Å².